The van der Waals surface area contributed by atoms with Crippen molar-refractivity contribution in [1.82, 2.24) is 5.32 Å². The summed E-state index contributed by atoms with van der Waals surface area (Å²) in [5.74, 6) is 1.35. The summed E-state index contributed by atoms with van der Waals surface area (Å²) in [5, 5.41) is 3.76. The van der Waals surface area contributed by atoms with Crippen LogP contribution in [-0.2, 0) is 4.74 Å². The van der Waals surface area contributed by atoms with Gasteiger partial charge in [0.05, 0.1) is 11.2 Å². The van der Waals surface area contributed by atoms with Gasteiger partial charge in [0.15, 0.2) is 0 Å². The Kier molecular flexibility index (Phi) is 5.25. The highest BCUT2D eigenvalue weighted by atomic mass is 16.5. The van der Waals surface area contributed by atoms with Crippen molar-refractivity contribution < 1.29 is 4.74 Å². The van der Waals surface area contributed by atoms with Gasteiger partial charge in [-0.15, -0.1) is 0 Å². The predicted octanol–water partition coefficient (Wildman–Crippen LogP) is 3.99. The zero-order chi connectivity index (χ0) is 14.0. The third kappa shape index (κ3) is 4.24. The average Bonchev–Trinajstić information content (AvgIpc) is 2.40. The van der Waals surface area contributed by atoms with Crippen LogP contribution in [0.5, 0.6) is 0 Å². The molecule has 2 unspecified atom stereocenters. The highest BCUT2D eigenvalue weighted by molar-refractivity contribution is 4.99. The molecule has 1 saturated heterocycles. The number of hydrogen-bond acceptors (Lipinski definition) is 2. The van der Waals surface area contributed by atoms with Gasteiger partial charge < -0.3 is 10.1 Å². The van der Waals surface area contributed by atoms with E-state index in [1.165, 1.54) is 12.8 Å². The SMILES string of the molecule is CCCNC(CC(C)C)C1CC(C)(C)OC1(C)C. The minimum Gasteiger partial charge on any atom is -0.369 e. The lowest BCUT2D eigenvalue weighted by Crippen LogP contribution is -2.45. The number of nitrogens with one attached hydrogen (secondary N) is 1. The summed E-state index contributed by atoms with van der Waals surface area (Å²) in [5.41, 5.74) is 0.0150. The van der Waals surface area contributed by atoms with Gasteiger partial charge in [0.1, 0.15) is 0 Å². The summed E-state index contributed by atoms with van der Waals surface area (Å²) in [4.78, 5) is 0. The van der Waals surface area contributed by atoms with Crippen LogP contribution in [0, 0.1) is 11.8 Å². The molecule has 0 saturated carbocycles. The molecule has 0 amide bonds. The molecule has 1 aliphatic heterocycles. The first kappa shape index (κ1) is 16.0. The van der Waals surface area contributed by atoms with E-state index in [0.29, 0.717) is 12.0 Å². The highest BCUT2D eigenvalue weighted by Gasteiger charge is 2.48. The Balaban J connectivity index is 2.77. The topological polar surface area (TPSA) is 21.3 Å². The molecular weight excluding hydrogens is 222 g/mol. The molecule has 2 atom stereocenters. The molecule has 0 radical (unpaired) electrons. The Morgan fingerprint density at radius 1 is 1.22 bits per heavy atom. The molecule has 1 fully saturated rings. The van der Waals surface area contributed by atoms with Crippen LogP contribution in [-0.4, -0.2) is 23.8 Å². The molecule has 18 heavy (non-hydrogen) atoms. The molecule has 1 aliphatic rings. The van der Waals surface area contributed by atoms with E-state index in [-0.39, 0.29) is 11.2 Å². The summed E-state index contributed by atoms with van der Waals surface area (Å²) < 4.78 is 6.25. The van der Waals surface area contributed by atoms with Crippen LogP contribution in [0.3, 0.4) is 0 Å². The molecule has 0 bridgehead atoms. The molecule has 0 aromatic heterocycles. The van der Waals surface area contributed by atoms with Crippen molar-refractivity contribution >= 4 is 0 Å². The van der Waals surface area contributed by atoms with Gasteiger partial charge in [0.25, 0.3) is 0 Å². The standard InChI is InChI=1S/C16H33NO/c1-8-9-17-14(10-12(2)3)13-11-15(4,5)18-16(13,6)7/h12-14,17H,8-11H2,1-7H3. The fourth-order valence-corrected chi connectivity index (χ4v) is 3.46. The van der Waals surface area contributed by atoms with Gasteiger partial charge >= 0.3 is 0 Å². The molecule has 1 rings (SSSR count). The van der Waals surface area contributed by atoms with Gasteiger partial charge in [0, 0.05) is 12.0 Å². The van der Waals surface area contributed by atoms with Crippen molar-refractivity contribution in [2.75, 3.05) is 6.54 Å². The van der Waals surface area contributed by atoms with Crippen molar-refractivity contribution in [3.05, 3.63) is 0 Å². The lowest BCUT2D eigenvalue weighted by Gasteiger charge is -2.34. The van der Waals surface area contributed by atoms with Crippen LogP contribution in [0.1, 0.15) is 67.7 Å². The smallest absolute Gasteiger partial charge is 0.0677 e. The maximum absolute atomic E-state index is 6.25. The van der Waals surface area contributed by atoms with Gasteiger partial charge in [-0.1, -0.05) is 20.8 Å². The highest BCUT2D eigenvalue weighted by Crippen LogP contribution is 2.44. The van der Waals surface area contributed by atoms with Crippen molar-refractivity contribution in [3.63, 3.8) is 0 Å². The van der Waals surface area contributed by atoms with Gasteiger partial charge in [-0.3, -0.25) is 0 Å². The summed E-state index contributed by atoms with van der Waals surface area (Å²) in [6.45, 7) is 16.9. The van der Waals surface area contributed by atoms with E-state index in [1.54, 1.807) is 0 Å². The molecule has 0 aromatic carbocycles. The Labute approximate surface area is 114 Å². The van der Waals surface area contributed by atoms with Crippen LogP contribution in [0.25, 0.3) is 0 Å². The summed E-state index contributed by atoms with van der Waals surface area (Å²) in [6.07, 6.45) is 3.60. The second-order valence-corrected chi connectivity index (χ2v) is 7.47. The van der Waals surface area contributed by atoms with Crippen molar-refractivity contribution in [2.24, 2.45) is 11.8 Å². The molecule has 108 valence electrons. The van der Waals surface area contributed by atoms with Crippen molar-refractivity contribution in [3.8, 4) is 0 Å². The number of hydrogen-bond donors (Lipinski definition) is 1. The quantitative estimate of drug-likeness (QED) is 0.774. The first-order chi connectivity index (χ1) is 8.18. The molecule has 2 nitrogen and oxygen atoms in total. The van der Waals surface area contributed by atoms with Gasteiger partial charge in [0.2, 0.25) is 0 Å². The van der Waals surface area contributed by atoms with E-state index < -0.39 is 0 Å². The molecule has 0 aliphatic carbocycles. The minimum atomic E-state index is -0.0101. The molecule has 0 aromatic rings. The van der Waals surface area contributed by atoms with E-state index in [9.17, 15) is 0 Å². The molecule has 2 heteroatoms. The maximum atomic E-state index is 6.25. The Morgan fingerprint density at radius 3 is 2.22 bits per heavy atom. The lowest BCUT2D eigenvalue weighted by atomic mass is 9.78. The van der Waals surface area contributed by atoms with Crippen LogP contribution in [0.15, 0.2) is 0 Å². The van der Waals surface area contributed by atoms with E-state index >= 15 is 0 Å². The van der Waals surface area contributed by atoms with Gasteiger partial charge in [-0.25, -0.2) is 0 Å². The van der Waals surface area contributed by atoms with Crippen molar-refractivity contribution in [2.45, 2.75) is 85.0 Å². The lowest BCUT2D eigenvalue weighted by molar-refractivity contribution is -0.0782. The zero-order valence-corrected chi connectivity index (χ0v) is 13.5. The summed E-state index contributed by atoms with van der Waals surface area (Å²) in [7, 11) is 0. The first-order valence-electron chi connectivity index (χ1n) is 7.61. The third-order valence-electron chi connectivity index (χ3n) is 4.01. The first-order valence-corrected chi connectivity index (χ1v) is 7.61. The fourth-order valence-electron chi connectivity index (χ4n) is 3.46. The second-order valence-electron chi connectivity index (χ2n) is 7.47. The molecule has 1 heterocycles. The van der Waals surface area contributed by atoms with E-state index in [1.807, 2.05) is 0 Å². The van der Waals surface area contributed by atoms with Gasteiger partial charge in [-0.05, 0) is 59.4 Å². The van der Waals surface area contributed by atoms with E-state index in [0.717, 1.165) is 18.9 Å². The van der Waals surface area contributed by atoms with Crippen molar-refractivity contribution in [1.29, 1.82) is 0 Å². The average molecular weight is 255 g/mol. The molecule has 1 N–H and O–H groups in total. The van der Waals surface area contributed by atoms with Crippen LogP contribution in [0.2, 0.25) is 0 Å². The van der Waals surface area contributed by atoms with Crippen LogP contribution in [0.4, 0.5) is 0 Å². The molecule has 0 spiro atoms. The molecular formula is C16H33NO. The Bertz CT molecular complexity index is 258. The second kappa shape index (κ2) is 5.92. The Morgan fingerprint density at radius 2 is 1.83 bits per heavy atom. The predicted molar refractivity (Wildman–Crippen MR) is 78.9 cm³/mol. The normalized spacial score (nSPS) is 27.7. The van der Waals surface area contributed by atoms with Crippen LogP contribution < -0.4 is 5.32 Å². The summed E-state index contributed by atoms with van der Waals surface area (Å²) >= 11 is 0. The zero-order valence-electron chi connectivity index (χ0n) is 13.5. The van der Waals surface area contributed by atoms with E-state index in [4.69, 9.17) is 4.74 Å². The largest absolute Gasteiger partial charge is 0.369 e. The monoisotopic (exact) mass is 255 g/mol. The van der Waals surface area contributed by atoms with E-state index in [2.05, 4.69) is 53.8 Å². The minimum absolute atomic E-state index is 0.0101. The third-order valence-corrected chi connectivity index (χ3v) is 4.01. The summed E-state index contributed by atoms with van der Waals surface area (Å²) in [6, 6.07) is 0.585. The Hall–Kier alpha value is -0.0800. The van der Waals surface area contributed by atoms with Crippen LogP contribution >= 0.6 is 0 Å². The number of rotatable bonds is 6. The fraction of sp³-hybridized carbons (Fsp3) is 1.00. The number of ether oxygens (including phenoxy) is 1. The maximum Gasteiger partial charge on any atom is 0.0677 e. The van der Waals surface area contributed by atoms with Gasteiger partial charge in [-0.2, -0.15) is 0 Å².